The Balaban J connectivity index is 2.14. The van der Waals surface area contributed by atoms with Gasteiger partial charge < -0.3 is 15.6 Å². The number of pyridine rings is 1. The molecule has 7 heteroatoms. The van der Waals surface area contributed by atoms with E-state index in [1.54, 1.807) is 12.1 Å². The summed E-state index contributed by atoms with van der Waals surface area (Å²) < 4.78 is 32.8. The Labute approximate surface area is 125 Å². The smallest absolute Gasteiger partial charge is 0.329 e. The highest BCUT2D eigenvalue weighted by atomic mass is 19.1. The summed E-state index contributed by atoms with van der Waals surface area (Å²) >= 11 is 0. The molecule has 5 nitrogen and oxygen atoms in total. The molecule has 0 radical (unpaired) electrons. The van der Waals surface area contributed by atoms with Crippen molar-refractivity contribution in [2.75, 3.05) is 18.9 Å². The minimum Gasteiger partial charge on any atom is -0.480 e. The van der Waals surface area contributed by atoms with Crippen LogP contribution in [0.5, 0.6) is 0 Å². The summed E-state index contributed by atoms with van der Waals surface area (Å²) in [6.07, 6.45) is 1.38. The Hall–Kier alpha value is -2.54. The van der Waals surface area contributed by atoms with E-state index in [9.17, 15) is 13.6 Å². The number of halogens is 2. The summed E-state index contributed by atoms with van der Waals surface area (Å²) in [6.45, 7) is -0.582. The molecule has 1 heterocycles. The number of aliphatic carboxylic acids is 1. The van der Waals surface area contributed by atoms with Gasteiger partial charge in [-0.1, -0.05) is 0 Å². The van der Waals surface area contributed by atoms with E-state index < -0.39 is 24.2 Å². The number of carbonyl (C=O) groups is 1. The molecule has 3 N–H and O–H groups in total. The number of hydrogen-bond acceptors (Lipinski definition) is 4. The number of rotatable bonds is 6. The molecular formula is C15H14F2N2O3. The van der Waals surface area contributed by atoms with Crippen molar-refractivity contribution in [2.45, 2.75) is 6.42 Å². The summed E-state index contributed by atoms with van der Waals surface area (Å²) in [4.78, 5) is 14.2. The fourth-order valence-electron chi connectivity index (χ4n) is 1.92. The average molecular weight is 308 g/mol. The Morgan fingerprint density at radius 2 is 1.91 bits per heavy atom. The van der Waals surface area contributed by atoms with E-state index in [0.717, 1.165) is 0 Å². The van der Waals surface area contributed by atoms with E-state index in [1.165, 1.54) is 18.3 Å². The lowest BCUT2D eigenvalue weighted by atomic mass is 10.0. The number of nitrogens with zero attached hydrogens (tertiary/aromatic N) is 1. The third kappa shape index (κ3) is 3.98. The van der Waals surface area contributed by atoms with Gasteiger partial charge in [-0.2, -0.15) is 0 Å². The normalized spacial score (nSPS) is 10.6. The highest BCUT2D eigenvalue weighted by molar-refractivity contribution is 5.68. The third-order valence-electron chi connectivity index (χ3n) is 2.98. The average Bonchev–Trinajstić information content (AvgIpc) is 2.46. The highest BCUT2D eigenvalue weighted by Gasteiger charge is 2.12. The number of benzene rings is 1. The van der Waals surface area contributed by atoms with E-state index in [0.29, 0.717) is 16.9 Å². The number of hydrogen-bond donors (Lipinski definition) is 2. The molecular weight excluding hydrogens is 294 g/mol. The number of anilines is 1. The number of carboxylic acids is 1. The second-order valence-corrected chi connectivity index (χ2v) is 4.59. The zero-order valence-electron chi connectivity index (χ0n) is 11.6. The molecule has 116 valence electrons. The van der Waals surface area contributed by atoms with Gasteiger partial charge in [-0.05, 0) is 29.8 Å². The van der Waals surface area contributed by atoms with Gasteiger partial charge in [0.15, 0.2) is 0 Å². The van der Waals surface area contributed by atoms with Crippen LogP contribution in [0.25, 0.3) is 11.1 Å². The fraction of sp³-hybridized carbons (Fsp3) is 0.200. The molecule has 0 saturated carbocycles. The SMILES string of the molecule is Nc1ccc(-c2cc(F)c(CCOCC(=O)O)c(F)c2)cn1. The van der Waals surface area contributed by atoms with E-state index in [4.69, 9.17) is 15.6 Å². The van der Waals surface area contributed by atoms with Gasteiger partial charge in [0.05, 0.1) is 6.61 Å². The topological polar surface area (TPSA) is 85.4 Å². The molecule has 0 aliphatic heterocycles. The molecule has 1 aromatic carbocycles. The van der Waals surface area contributed by atoms with Crippen LogP contribution in [0.4, 0.5) is 14.6 Å². The van der Waals surface area contributed by atoms with Gasteiger partial charge >= 0.3 is 5.97 Å². The molecule has 0 aliphatic carbocycles. The van der Waals surface area contributed by atoms with Crippen molar-refractivity contribution in [1.29, 1.82) is 0 Å². The Morgan fingerprint density at radius 1 is 1.23 bits per heavy atom. The van der Waals surface area contributed by atoms with E-state index in [2.05, 4.69) is 4.98 Å². The van der Waals surface area contributed by atoms with E-state index in [-0.39, 0.29) is 18.6 Å². The molecule has 0 aliphatic rings. The lowest BCUT2D eigenvalue weighted by Gasteiger charge is -2.08. The first-order valence-electron chi connectivity index (χ1n) is 6.46. The minimum atomic E-state index is -1.13. The van der Waals surface area contributed by atoms with Crippen LogP contribution in [0.3, 0.4) is 0 Å². The lowest BCUT2D eigenvalue weighted by Crippen LogP contribution is -2.10. The highest BCUT2D eigenvalue weighted by Crippen LogP contribution is 2.24. The second-order valence-electron chi connectivity index (χ2n) is 4.59. The lowest BCUT2D eigenvalue weighted by molar-refractivity contribution is -0.142. The van der Waals surface area contributed by atoms with Crippen molar-refractivity contribution in [1.82, 2.24) is 4.98 Å². The monoisotopic (exact) mass is 308 g/mol. The molecule has 0 atom stereocenters. The molecule has 0 unspecified atom stereocenters. The quantitative estimate of drug-likeness (QED) is 0.799. The number of ether oxygens (including phenoxy) is 1. The van der Waals surface area contributed by atoms with Crippen LogP contribution in [0.1, 0.15) is 5.56 Å². The summed E-state index contributed by atoms with van der Waals surface area (Å²) in [5, 5.41) is 8.41. The third-order valence-corrected chi connectivity index (χ3v) is 2.98. The molecule has 2 rings (SSSR count). The molecule has 2 aromatic rings. The molecule has 0 amide bonds. The molecule has 0 bridgehead atoms. The first-order valence-corrected chi connectivity index (χ1v) is 6.46. The Morgan fingerprint density at radius 3 is 2.45 bits per heavy atom. The van der Waals surface area contributed by atoms with Crippen LogP contribution in [0.15, 0.2) is 30.5 Å². The summed E-state index contributed by atoms with van der Waals surface area (Å²) in [7, 11) is 0. The van der Waals surface area contributed by atoms with Crippen LogP contribution in [-0.2, 0) is 16.0 Å². The minimum absolute atomic E-state index is 0.0504. The zero-order valence-corrected chi connectivity index (χ0v) is 11.6. The number of nitrogen functional groups attached to an aromatic ring is 1. The van der Waals surface area contributed by atoms with Crippen molar-refractivity contribution in [2.24, 2.45) is 0 Å². The van der Waals surface area contributed by atoms with Crippen LogP contribution >= 0.6 is 0 Å². The van der Waals surface area contributed by atoms with Gasteiger partial charge in [-0.25, -0.2) is 18.6 Å². The molecule has 1 aromatic heterocycles. The van der Waals surface area contributed by atoms with Gasteiger partial charge in [0.2, 0.25) is 0 Å². The Kier molecular flexibility index (Phi) is 5.00. The maximum atomic E-state index is 14.0. The van der Waals surface area contributed by atoms with Gasteiger partial charge in [0.1, 0.15) is 24.1 Å². The van der Waals surface area contributed by atoms with Crippen molar-refractivity contribution >= 4 is 11.8 Å². The maximum Gasteiger partial charge on any atom is 0.329 e. The van der Waals surface area contributed by atoms with Gasteiger partial charge in [0, 0.05) is 23.7 Å². The van der Waals surface area contributed by atoms with E-state index in [1.807, 2.05) is 0 Å². The predicted molar refractivity (Wildman–Crippen MR) is 76.2 cm³/mol. The van der Waals surface area contributed by atoms with E-state index >= 15 is 0 Å². The van der Waals surface area contributed by atoms with Crippen molar-refractivity contribution in [3.63, 3.8) is 0 Å². The van der Waals surface area contributed by atoms with Gasteiger partial charge in [0.25, 0.3) is 0 Å². The van der Waals surface area contributed by atoms with Crippen LogP contribution in [0.2, 0.25) is 0 Å². The Bertz CT molecular complexity index is 652. The van der Waals surface area contributed by atoms with Crippen LogP contribution in [0, 0.1) is 11.6 Å². The standard InChI is InChI=1S/C15H14F2N2O3/c16-12-5-10(9-1-2-14(18)19-7-9)6-13(17)11(12)3-4-22-8-15(20)21/h1-2,5-7H,3-4,8H2,(H2,18,19)(H,20,21). The van der Waals surface area contributed by atoms with Crippen LogP contribution < -0.4 is 5.73 Å². The maximum absolute atomic E-state index is 14.0. The number of nitrogens with two attached hydrogens (primary N) is 1. The summed E-state index contributed by atoms with van der Waals surface area (Å²) in [6, 6.07) is 5.55. The summed E-state index contributed by atoms with van der Waals surface area (Å²) in [5.74, 6) is -2.25. The predicted octanol–water partition coefficient (Wildman–Crippen LogP) is 2.25. The van der Waals surface area contributed by atoms with Crippen molar-refractivity contribution < 1.29 is 23.4 Å². The molecule has 22 heavy (non-hydrogen) atoms. The molecule has 0 spiro atoms. The van der Waals surface area contributed by atoms with Gasteiger partial charge in [-0.3, -0.25) is 0 Å². The van der Waals surface area contributed by atoms with Crippen molar-refractivity contribution in [3.8, 4) is 11.1 Å². The second kappa shape index (κ2) is 6.95. The first kappa shape index (κ1) is 15.8. The number of carboxylic acid groups (broad SMARTS) is 1. The fourth-order valence-corrected chi connectivity index (χ4v) is 1.92. The largest absolute Gasteiger partial charge is 0.480 e. The summed E-state index contributed by atoms with van der Waals surface area (Å²) in [5.41, 5.74) is 6.21. The number of aromatic nitrogens is 1. The van der Waals surface area contributed by atoms with Gasteiger partial charge in [-0.15, -0.1) is 0 Å². The molecule has 0 saturated heterocycles. The first-order chi connectivity index (χ1) is 10.5. The van der Waals surface area contributed by atoms with Crippen LogP contribution in [-0.4, -0.2) is 29.3 Å². The molecule has 0 fully saturated rings. The van der Waals surface area contributed by atoms with Crippen molar-refractivity contribution in [3.05, 3.63) is 47.7 Å². The zero-order chi connectivity index (χ0) is 16.1.